The second-order valence-electron chi connectivity index (χ2n) is 3.94. The first-order chi connectivity index (χ1) is 9.02. The van der Waals surface area contributed by atoms with Crippen LogP contribution in [0.5, 0.6) is 0 Å². The van der Waals surface area contributed by atoms with Crippen molar-refractivity contribution in [2.75, 3.05) is 0 Å². The second-order valence-corrected chi connectivity index (χ2v) is 6.40. The van der Waals surface area contributed by atoms with Crippen molar-refractivity contribution in [2.24, 2.45) is 0 Å². The van der Waals surface area contributed by atoms with Gasteiger partial charge in [-0.05, 0) is 25.0 Å². The molecule has 6 nitrogen and oxygen atoms in total. The Morgan fingerprint density at radius 1 is 1.32 bits per heavy atom. The van der Waals surface area contributed by atoms with Gasteiger partial charge in [0.25, 0.3) is 14.2 Å². The van der Waals surface area contributed by atoms with Crippen LogP contribution >= 0.6 is 10.7 Å². The van der Waals surface area contributed by atoms with Gasteiger partial charge in [0.2, 0.25) is 0 Å². The third-order valence-corrected chi connectivity index (χ3v) is 3.84. The maximum atomic E-state index is 11.3. The highest BCUT2D eigenvalue weighted by atomic mass is 35.7. The molecule has 19 heavy (non-hydrogen) atoms. The Morgan fingerprint density at radius 2 is 2.11 bits per heavy atom. The number of halogens is 1. The molecule has 0 saturated carbocycles. The third kappa shape index (κ3) is 3.30. The first-order valence-electron chi connectivity index (χ1n) is 5.78. The molecule has 102 valence electrons. The molecule has 0 saturated heterocycles. The molecule has 0 radical (unpaired) electrons. The van der Waals surface area contributed by atoms with E-state index in [-0.39, 0.29) is 5.16 Å². The predicted molar refractivity (Wildman–Crippen MR) is 70.4 cm³/mol. The quantitative estimate of drug-likeness (QED) is 0.780. The molecule has 0 aromatic carbocycles. The highest BCUT2D eigenvalue weighted by molar-refractivity contribution is 8.13. The minimum absolute atomic E-state index is 0.196. The zero-order chi connectivity index (χ0) is 13.9. The van der Waals surface area contributed by atoms with Gasteiger partial charge < -0.3 is 4.57 Å². The Morgan fingerprint density at radius 3 is 2.68 bits per heavy atom. The average Bonchev–Trinajstić information content (AvgIpc) is 2.80. The summed E-state index contributed by atoms with van der Waals surface area (Å²) >= 11 is 0. The Balaban J connectivity index is 2.20. The number of hydrogen-bond donors (Lipinski definition) is 0. The molecule has 0 aliphatic rings. The van der Waals surface area contributed by atoms with E-state index in [0.29, 0.717) is 25.2 Å². The lowest BCUT2D eigenvalue weighted by atomic mass is 10.1. The van der Waals surface area contributed by atoms with Gasteiger partial charge in [0.1, 0.15) is 5.82 Å². The Labute approximate surface area is 115 Å². The fourth-order valence-electron chi connectivity index (χ4n) is 1.80. The largest absolute Gasteiger partial charge is 0.301 e. The van der Waals surface area contributed by atoms with Crippen LogP contribution in [0.4, 0.5) is 0 Å². The molecular weight excluding hydrogens is 288 g/mol. The van der Waals surface area contributed by atoms with Gasteiger partial charge in [-0.2, -0.15) is 0 Å². The summed E-state index contributed by atoms with van der Waals surface area (Å²) in [6.45, 7) is 2.28. The maximum absolute atomic E-state index is 11.3. The minimum Gasteiger partial charge on any atom is -0.301 e. The molecule has 2 aromatic rings. The molecule has 0 spiro atoms. The van der Waals surface area contributed by atoms with E-state index in [0.717, 1.165) is 5.56 Å². The number of hydrogen-bond acceptors (Lipinski definition) is 5. The molecule has 8 heteroatoms. The normalized spacial score (nSPS) is 11.7. The number of rotatable bonds is 5. The lowest BCUT2D eigenvalue weighted by Crippen LogP contribution is -2.09. The Hall–Kier alpha value is -1.47. The first-order valence-corrected chi connectivity index (χ1v) is 8.09. The Bertz CT molecular complexity index is 655. The van der Waals surface area contributed by atoms with Gasteiger partial charge in [-0.3, -0.25) is 4.98 Å². The van der Waals surface area contributed by atoms with Crippen LogP contribution in [0, 0.1) is 0 Å². The van der Waals surface area contributed by atoms with Crippen LogP contribution in [0.25, 0.3) is 0 Å². The van der Waals surface area contributed by atoms with Gasteiger partial charge in [-0.1, -0.05) is 6.07 Å². The van der Waals surface area contributed by atoms with E-state index in [1.54, 1.807) is 12.4 Å². The summed E-state index contributed by atoms with van der Waals surface area (Å²) in [6.07, 6.45) is 4.77. The third-order valence-electron chi connectivity index (χ3n) is 2.69. The fourth-order valence-corrected chi connectivity index (χ4v) is 2.78. The van der Waals surface area contributed by atoms with Crippen LogP contribution < -0.4 is 0 Å². The van der Waals surface area contributed by atoms with Crippen LogP contribution in [0.2, 0.25) is 0 Å². The molecule has 2 aromatic heterocycles. The first kappa shape index (κ1) is 14.0. The van der Waals surface area contributed by atoms with Crippen LogP contribution in [0.3, 0.4) is 0 Å². The highest BCUT2D eigenvalue weighted by Gasteiger charge is 2.21. The van der Waals surface area contributed by atoms with Gasteiger partial charge in [-0.25, -0.2) is 8.42 Å². The summed E-state index contributed by atoms with van der Waals surface area (Å²) in [5, 5.41) is 7.35. The topological polar surface area (TPSA) is 77.7 Å². The van der Waals surface area contributed by atoms with Gasteiger partial charge in [-0.15, -0.1) is 10.2 Å². The molecule has 0 aliphatic carbocycles. The van der Waals surface area contributed by atoms with E-state index in [1.807, 2.05) is 19.1 Å². The van der Waals surface area contributed by atoms with E-state index < -0.39 is 9.05 Å². The molecular formula is C11H13ClN4O2S. The van der Waals surface area contributed by atoms with Crippen molar-refractivity contribution in [3.63, 3.8) is 0 Å². The maximum Gasteiger partial charge on any atom is 0.296 e. The van der Waals surface area contributed by atoms with E-state index in [4.69, 9.17) is 10.7 Å². The Kier molecular flexibility index (Phi) is 4.16. The number of aryl methyl sites for hydroxylation is 2. The van der Waals surface area contributed by atoms with Crippen molar-refractivity contribution < 1.29 is 8.42 Å². The monoisotopic (exact) mass is 300 g/mol. The number of aromatic nitrogens is 4. The van der Waals surface area contributed by atoms with Crippen molar-refractivity contribution >= 4 is 19.7 Å². The SMILES string of the molecule is CCn1c(CCc2cccnc2)nnc1S(=O)(=O)Cl. The van der Waals surface area contributed by atoms with Crippen molar-refractivity contribution in [1.82, 2.24) is 19.7 Å². The molecule has 2 heterocycles. The highest BCUT2D eigenvalue weighted by Crippen LogP contribution is 2.15. The van der Waals surface area contributed by atoms with Crippen molar-refractivity contribution in [2.45, 2.75) is 31.5 Å². The van der Waals surface area contributed by atoms with Gasteiger partial charge in [0.05, 0.1) is 0 Å². The van der Waals surface area contributed by atoms with Crippen LogP contribution in [0.15, 0.2) is 29.7 Å². The molecule has 0 atom stereocenters. The van der Waals surface area contributed by atoms with Crippen LogP contribution in [-0.2, 0) is 28.4 Å². The molecule has 0 bridgehead atoms. The molecule has 0 unspecified atom stereocenters. The summed E-state index contributed by atoms with van der Waals surface area (Å²) in [5.41, 5.74) is 1.06. The lowest BCUT2D eigenvalue weighted by Gasteiger charge is -2.05. The molecule has 0 amide bonds. The van der Waals surface area contributed by atoms with Crippen molar-refractivity contribution in [3.05, 3.63) is 35.9 Å². The van der Waals surface area contributed by atoms with Crippen LogP contribution in [0.1, 0.15) is 18.3 Å². The summed E-state index contributed by atoms with van der Waals surface area (Å²) < 4.78 is 24.2. The van der Waals surface area contributed by atoms with E-state index in [1.165, 1.54) is 4.57 Å². The smallest absolute Gasteiger partial charge is 0.296 e. The van der Waals surface area contributed by atoms with Gasteiger partial charge >= 0.3 is 0 Å². The van der Waals surface area contributed by atoms with Crippen molar-refractivity contribution in [1.29, 1.82) is 0 Å². The molecule has 0 N–H and O–H groups in total. The molecule has 0 aliphatic heterocycles. The van der Waals surface area contributed by atoms with Crippen LogP contribution in [-0.4, -0.2) is 28.2 Å². The summed E-state index contributed by atoms with van der Waals surface area (Å²) in [5.74, 6) is 0.602. The summed E-state index contributed by atoms with van der Waals surface area (Å²) in [6, 6.07) is 3.81. The summed E-state index contributed by atoms with van der Waals surface area (Å²) in [7, 11) is 1.45. The number of pyridine rings is 1. The van der Waals surface area contributed by atoms with E-state index >= 15 is 0 Å². The summed E-state index contributed by atoms with van der Waals surface area (Å²) in [4.78, 5) is 4.02. The molecule has 0 fully saturated rings. The average molecular weight is 301 g/mol. The minimum atomic E-state index is -3.86. The van der Waals surface area contributed by atoms with Gasteiger partial charge in [0.15, 0.2) is 0 Å². The van der Waals surface area contributed by atoms with E-state index in [2.05, 4.69) is 15.2 Å². The number of nitrogens with zero attached hydrogens (tertiary/aromatic N) is 4. The van der Waals surface area contributed by atoms with Gasteiger partial charge in [0, 0.05) is 36.0 Å². The zero-order valence-electron chi connectivity index (χ0n) is 10.3. The lowest BCUT2D eigenvalue weighted by molar-refractivity contribution is 0.574. The van der Waals surface area contributed by atoms with Crippen molar-refractivity contribution in [3.8, 4) is 0 Å². The standard InChI is InChI=1S/C11H13ClN4O2S/c1-2-16-10(14-15-11(16)19(12,17)18)6-5-9-4-3-7-13-8-9/h3-4,7-8H,2,5-6H2,1H3. The zero-order valence-corrected chi connectivity index (χ0v) is 11.9. The van der Waals surface area contributed by atoms with E-state index in [9.17, 15) is 8.42 Å². The molecule has 2 rings (SSSR count). The second kappa shape index (κ2) is 5.66. The fraction of sp³-hybridized carbons (Fsp3) is 0.364. The predicted octanol–water partition coefficient (Wildman–Crippen LogP) is 1.41.